The fraction of sp³-hybridized carbons (Fsp3) is 0.375. The van der Waals surface area contributed by atoms with Crippen LogP contribution in [0.15, 0.2) is 27.6 Å². The average Bonchev–Trinajstić information content (AvgIpc) is 1.89. The minimum absolute atomic E-state index is 1.05. The molecule has 0 atom stereocenters. The van der Waals surface area contributed by atoms with Crippen molar-refractivity contribution < 1.29 is 0 Å². The van der Waals surface area contributed by atoms with Crippen molar-refractivity contribution in [1.29, 1.82) is 0 Å². The molecule has 0 aromatic carbocycles. The van der Waals surface area contributed by atoms with Crippen LogP contribution in [0.25, 0.3) is 0 Å². The molecule has 0 bridgehead atoms. The number of allylic oxidation sites excluding steroid dienone is 2. The van der Waals surface area contributed by atoms with Gasteiger partial charge in [-0.2, -0.15) is 0 Å². The Morgan fingerprint density at radius 1 is 1.40 bits per heavy atom. The minimum atomic E-state index is 1.05. The summed E-state index contributed by atoms with van der Waals surface area (Å²) in [6.45, 7) is 5.90. The first-order valence-electron chi connectivity index (χ1n) is 3.23. The first kappa shape index (κ1) is 9.50. The summed E-state index contributed by atoms with van der Waals surface area (Å²) in [5, 5.41) is 4.04. The lowest BCUT2D eigenvalue weighted by Gasteiger charge is -1.86. The highest BCUT2D eigenvalue weighted by Crippen LogP contribution is 2.08. The van der Waals surface area contributed by atoms with E-state index in [1.54, 1.807) is 18.0 Å². The van der Waals surface area contributed by atoms with Gasteiger partial charge >= 0.3 is 0 Å². The SMILES string of the molecule is CC=N/C(C)=C\S/C=C/C. The Kier molecular flexibility index (Phi) is 6.29. The average molecular weight is 155 g/mol. The van der Waals surface area contributed by atoms with Crippen LogP contribution in [0.4, 0.5) is 0 Å². The van der Waals surface area contributed by atoms with E-state index in [2.05, 4.69) is 4.99 Å². The van der Waals surface area contributed by atoms with Gasteiger partial charge in [0.1, 0.15) is 0 Å². The highest BCUT2D eigenvalue weighted by Gasteiger charge is 1.77. The molecule has 0 aromatic heterocycles. The van der Waals surface area contributed by atoms with Crippen molar-refractivity contribution >= 4 is 18.0 Å². The lowest BCUT2D eigenvalue weighted by Crippen LogP contribution is -1.65. The van der Waals surface area contributed by atoms with Crippen molar-refractivity contribution in [3.63, 3.8) is 0 Å². The maximum Gasteiger partial charge on any atom is 0.0434 e. The Bertz CT molecular complexity index is 157. The molecule has 0 aliphatic heterocycles. The van der Waals surface area contributed by atoms with Gasteiger partial charge in [0.2, 0.25) is 0 Å². The Morgan fingerprint density at radius 3 is 2.60 bits per heavy atom. The standard InChI is InChI=1S/C8H13NS/c1-4-6-10-7-8(3)9-5-2/h4-7H,1-3H3/b6-4+,8-7-,9-5?. The molecule has 0 spiro atoms. The van der Waals surface area contributed by atoms with E-state index in [4.69, 9.17) is 0 Å². The van der Waals surface area contributed by atoms with Crippen molar-refractivity contribution in [1.82, 2.24) is 0 Å². The molecule has 0 saturated carbocycles. The predicted molar refractivity (Wildman–Crippen MR) is 50.3 cm³/mol. The van der Waals surface area contributed by atoms with Crippen molar-refractivity contribution in [2.75, 3.05) is 0 Å². The first-order valence-corrected chi connectivity index (χ1v) is 4.17. The van der Waals surface area contributed by atoms with E-state index in [-0.39, 0.29) is 0 Å². The lowest BCUT2D eigenvalue weighted by atomic mass is 10.6. The highest BCUT2D eigenvalue weighted by molar-refractivity contribution is 8.04. The topological polar surface area (TPSA) is 12.4 Å². The summed E-state index contributed by atoms with van der Waals surface area (Å²) >= 11 is 1.64. The molecule has 0 amide bonds. The monoisotopic (exact) mass is 155 g/mol. The minimum Gasteiger partial charge on any atom is -0.266 e. The number of thioether (sulfide) groups is 1. The van der Waals surface area contributed by atoms with Crippen molar-refractivity contribution in [2.45, 2.75) is 20.8 Å². The molecule has 56 valence electrons. The largest absolute Gasteiger partial charge is 0.266 e. The van der Waals surface area contributed by atoms with Gasteiger partial charge in [-0.25, -0.2) is 0 Å². The van der Waals surface area contributed by atoms with Crippen LogP contribution < -0.4 is 0 Å². The number of hydrogen-bond donors (Lipinski definition) is 0. The molecule has 0 saturated heterocycles. The molecule has 1 nitrogen and oxygen atoms in total. The van der Waals surface area contributed by atoms with Crippen LogP contribution in [0.1, 0.15) is 20.8 Å². The van der Waals surface area contributed by atoms with Gasteiger partial charge in [-0.3, -0.25) is 4.99 Å². The van der Waals surface area contributed by atoms with Gasteiger partial charge in [0.25, 0.3) is 0 Å². The predicted octanol–water partition coefficient (Wildman–Crippen LogP) is 3.21. The zero-order chi connectivity index (χ0) is 7.82. The maximum atomic E-state index is 4.08. The van der Waals surface area contributed by atoms with Gasteiger partial charge in [-0.05, 0) is 31.6 Å². The van der Waals surface area contributed by atoms with Crippen molar-refractivity contribution in [3.8, 4) is 0 Å². The third kappa shape index (κ3) is 5.63. The van der Waals surface area contributed by atoms with Gasteiger partial charge in [-0.15, -0.1) is 11.8 Å². The Labute approximate surface area is 66.9 Å². The fourth-order valence-electron chi connectivity index (χ4n) is 0.450. The van der Waals surface area contributed by atoms with Gasteiger partial charge in [0, 0.05) is 11.9 Å². The van der Waals surface area contributed by atoms with Crippen molar-refractivity contribution in [2.24, 2.45) is 4.99 Å². The van der Waals surface area contributed by atoms with Gasteiger partial charge in [0.15, 0.2) is 0 Å². The van der Waals surface area contributed by atoms with Gasteiger partial charge < -0.3 is 0 Å². The molecule has 0 heterocycles. The summed E-state index contributed by atoms with van der Waals surface area (Å²) in [4.78, 5) is 4.08. The smallest absolute Gasteiger partial charge is 0.0434 e. The third-order valence-corrected chi connectivity index (χ3v) is 1.69. The summed E-state index contributed by atoms with van der Waals surface area (Å²) < 4.78 is 0. The van der Waals surface area contributed by atoms with Crippen LogP contribution in [0.2, 0.25) is 0 Å². The molecule has 0 aromatic rings. The summed E-state index contributed by atoms with van der Waals surface area (Å²) in [6.07, 6.45) is 3.80. The molecule has 0 aliphatic rings. The first-order chi connectivity index (χ1) is 4.81. The summed E-state index contributed by atoms with van der Waals surface area (Å²) in [5.74, 6) is 0. The van der Waals surface area contributed by atoms with E-state index in [0.717, 1.165) is 5.70 Å². The van der Waals surface area contributed by atoms with E-state index < -0.39 is 0 Å². The Balaban J connectivity index is 3.68. The second-order valence-corrected chi connectivity index (χ2v) is 2.53. The van der Waals surface area contributed by atoms with E-state index in [0.29, 0.717) is 0 Å². The second kappa shape index (κ2) is 6.62. The van der Waals surface area contributed by atoms with Crippen molar-refractivity contribution in [3.05, 3.63) is 22.6 Å². The Morgan fingerprint density at radius 2 is 2.10 bits per heavy atom. The van der Waals surface area contributed by atoms with Gasteiger partial charge in [0.05, 0.1) is 0 Å². The maximum absolute atomic E-state index is 4.08. The van der Waals surface area contributed by atoms with Crippen LogP contribution in [-0.4, -0.2) is 6.21 Å². The van der Waals surface area contributed by atoms with E-state index in [1.807, 2.05) is 37.7 Å². The lowest BCUT2D eigenvalue weighted by molar-refractivity contribution is 1.33. The summed E-state index contributed by atoms with van der Waals surface area (Å²) in [7, 11) is 0. The molecule has 0 N–H and O–H groups in total. The van der Waals surface area contributed by atoms with Crippen LogP contribution in [-0.2, 0) is 0 Å². The molecule has 0 radical (unpaired) electrons. The Hall–Kier alpha value is -0.500. The highest BCUT2D eigenvalue weighted by atomic mass is 32.2. The van der Waals surface area contributed by atoms with Crippen LogP contribution in [0.5, 0.6) is 0 Å². The quantitative estimate of drug-likeness (QED) is 0.570. The molecular formula is C8H13NS. The number of aliphatic imine (C=N–C) groups is 1. The van der Waals surface area contributed by atoms with Gasteiger partial charge in [-0.1, -0.05) is 6.08 Å². The number of hydrogen-bond acceptors (Lipinski definition) is 2. The molecule has 0 unspecified atom stereocenters. The zero-order valence-electron chi connectivity index (χ0n) is 6.66. The molecule has 2 heteroatoms. The van der Waals surface area contributed by atoms with E-state index in [9.17, 15) is 0 Å². The molecule has 10 heavy (non-hydrogen) atoms. The van der Waals surface area contributed by atoms with E-state index >= 15 is 0 Å². The number of rotatable bonds is 3. The molecule has 0 aliphatic carbocycles. The van der Waals surface area contributed by atoms with Crippen LogP contribution in [0, 0.1) is 0 Å². The number of nitrogens with zero attached hydrogens (tertiary/aromatic N) is 1. The molecule has 0 fully saturated rings. The van der Waals surface area contributed by atoms with Crippen LogP contribution >= 0.6 is 11.8 Å². The fourth-order valence-corrected chi connectivity index (χ4v) is 0.944. The summed E-state index contributed by atoms with van der Waals surface area (Å²) in [5.41, 5.74) is 1.05. The second-order valence-electron chi connectivity index (χ2n) is 1.75. The molecular weight excluding hydrogens is 142 g/mol. The van der Waals surface area contributed by atoms with E-state index in [1.165, 1.54) is 0 Å². The normalized spacial score (nSPS) is 13.7. The third-order valence-electron chi connectivity index (χ3n) is 0.786. The summed E-state index contributed by atoms with van der Waals surface area (Å²) in [6, 6.07) is 0. The van der Waals surface area contributed by atoms with Crippen LogP contribution in [0.3, 0.4) is 0 Å². The zero-order valence-corrected chi connectivity index (χ0v) is 7.48. The molecule has 0 rings (SSSR count).